The maximum absolute atomic E-state index is 5.66. The van der Waals surface area contributed by atoms with Gasteiger partial charge in [0, 0.05) is 5.56 Å². The standard InChI is InChI=1S/C13H11IN2O/c1-9-7-16-13(17-8-9)11(14)12(15-16)10-5-3-2-4-6-10/h2-6H,1,7-8H2. The molecule has 0 N–H and O–H groups in total. The number of halogens is 1. The fourth-order valence-corrected chi connectivity index (χ4v) is 2.73. The van der Waals surface area contributed by atoms with Crippen LogP contribution in [-0.4, -0.2) is 16.4 Å². The molecule has 0 spiro atoms. The molecule has 4 heteroatoms. The van der Waals surface area contributed by atoms with Crippen LogP contribution in [0.15, 0.2) is 42.5 Å². The maximum atomic E-state index is 5.66. The van der Waals surface area contributed by atoms with Crippen LogP contribution in [0.3, 0.4) is 0 Å². The Hall–Kier alpha value is -1.30. The molecule has 0 amide bonds. The van der Waals surface area contributed by atoms with E-state index in [0.29, 0.717) is 6.61 Å². The molecule has 86 valence electrons. The number of aromatic nitrogens is 2. The largest absolute Gasteiger partial charge is 0.472 e. The van der Waals surface area contributed by atoms with E-state index in [2.05, 4.69) is 46.4 Å². The molecule has 0 radical (unpaired) electrons. The van der Waals surface area contributed by atoms with Crippen LogP contribution in [0.1, 0.15) is 0 Å². The topological polar surface area (TPSA) is 27.1 Å². The first kappa shape index (κ1) is 10.8. The highest BCUT2D eigenvalue weighted by atomic mass is 127. The fraction of sp³-hybridized carbons (Fsp3) is 0.154. The third-order valence-corrected chi connectivity index (χ3v) is 3.66. The minimum absolute atomic E-state index is 0.593. The second kappa shape index (κ2) is 4.18. The Morgan fingerprint density at radius 3 is 2.82 bits per heavy atom. The van der Waals surface area contributed by atoms with Gasteiger partial charge < -0.3 is 4.74 Å². The molecule has 2 heterocycles. The van der Waals surface area contributed by atoms with E-state index >= 15 is 0 Å². The Morgan fingerprint density at radius 1 is 1.29 bits per heavy atom. The molecule has 0 fully saturated rings. The fourth-order valence-electron chi connectivity index (χ4n) is 1.88. The van der Waals surface area contributed by atoms with Crippen LogP contribution in [0.5, 0.6) is 5.88 Å². The molecular weight excluding hydrogens is 327 g/mol. The molecule has 17 heavy (non-hydrogen) atoms. The number of ether oxygens (including phenoxy) is 1. The van der Waals surface area contributed by atoms with Crippen molar-refractivity contribution < 1.29 is 4.74 Å². The van der Waals surface area contributed by atoms with Crippen molar-refractivity contribution in [3.8, 4) is 17.1 Å². The van der Waals surface area contributed by atoms with Crippen molar-refractivity contribution in [2.75, 3.05) is 6.61 Å². The zero-order valence-electron chi connectivity index (χ0n) is 9.19. The number of hydrogen-bond donors (Lipinski definition) is 0. The van der Waals surface area contributed by atoms with E-state index in [1.165, 1.54) is 0 Å². The molecule has 3 rings (SSSR count). The molecule has 0 aliphatic carbocycles. The van der Waals surface area contributed by atoms with Crippen molar-refractivity contribution in [2.45, 2.75) is 6.54 Å². The van der Waals surface area contributed by atoms with E-state index in [1.807, 2.05) is 22.9 Å². The molecule has 1 aliphatic rings. The van der Waals surface area contributed by atoms with Crippen molar-refractivity contribution in [3.05, 3.63) is 46.1 Å². The summed E-state index contributed by atoms with van der Waals surface area (Å²) in [4.78, 5) is 0. The molecule has 2 aromatic rings. The number of nitrogens with zero attached hydrogens (tertiary/aromatic N) is 2. The number of fused-ring (bicyclic) bond motifs is 1. The maximum Gasteiger partial charge on any atom is 0.226 e. The summed E-state index contributed by atoms with van der Waals surface area (Å²) in [5, 5.41) is 4.59. The van der Waals surface area contributed by atoms with E-state index in [1.54, 1.807) is 0 Å². The van der Waals surface area contributed by atoms with E-state index < -0.39 is 0 Å². The number of benzene rings is 1. The summed E-state index contributed by atoms with van der Waals surface area (Å²) in [6, 6.07) is 10.2. The lowest BCUT2D eigenvalue weighted by molar-refractivity contribution is 0.277. The molecule has 3 nitrogen and oxygen atoms in total. The number of hydrogen-bond acceptors (Lipinski definition) is 2. The van der Waals surface area contributed by atoms with Gasteiger partial charge in [0.1, 0.15) is 15.9 Å². The van der Waals surface area contributed by atoms with Crippen LogP contribution in [0.25, 0.3) is 11.3 Å². The van der Waals surface area contributed by atoms with Crippen molar-refractivity contribution >= 4 is 22.6 Å². The summed E-state index contributed by atoms with van der Waals surface area (Å²) in [6.45, 7) is 5.28. The third kappa shape index (κ3) is 1.86. The Kier molecular flexibility index (Phi) is 2.66. The summed E-state index contributed by atoms with van der Waals surface area (Å²) >= 11 is 2.29. The van der Waals surface area contributed by atoms with Crippen LogP contribution in [0.4, 0.5) is 0 Å². The van der Waals surface area contributed by atoms with Gasteiger partial charge >= 0.3 is 0 Å². The monoisotopic (exact) mass is 338 g/mol. The molecule has 0 saturated carbocycles. The highest BCUT2D eigenvalue weighted by Gasteiger charge is 2.22. The molecular formula is C13H11IN2O. The second-order valence-electron chi connectivity index (χ2n) is 4.03. The summed E-state index contributed by atoms with van der Waals surface area (Å²) in [5.41, 5.74) is 3.15. The van der Waals surface area contributed by atoms with Crippen LogP contribution in [0, 0.1) is 3.57 Å². The van der Waals surface area contributed by atoms with Gasteiger partial charge in [-0.15, -0.1) is 0 Å². The van der Waals surface area contributed by atoms with Crippen molar-refractivity contribution in [2.24, 2.45) is 0 Å². The summed E-state index contributed by atoms with van der Waals surface area (Å²) in [5.74, 6) is 0.858. The van der Waals surface area contributed by atoms with Crippen molar-refractivity contribution in [3.63, 3.8) is 0 Å². The molecule has 1 aromatic heterocycles. The highest BCUT2D eigenvalue weighted by Crippen LogP contribution is 2.33. The first-order valence-corrected chi connectivity index (χ1v) is 6.45. The van der Waals surface area contributed by atoms with Gasteiger partial charge in [0.2, 0.25) is 5.88 Å². The number of rotatable bonds is 1. The summed E-state index contributed by atoms with van der Waals surface area (Å²) < 4.78 is 8.62. The Labute approximate surface area is 113 Å². The van der Waals surface area contributed by atoms with E-state index in [-0.39, 0.29) is 0 Å². The van der Waals surface area contributed by atoms with Crippen molar-refractivity contribution in [1.82, 2.24) is 9.78 Å². The first-order chi connectivity index (χ1) is 8.25. The predicted octanol–water partition coefficient (Wildman–Crippen LogP) is 3.10. The van der Waals surface area contributed by atoms with Gasteiger partial charge in [-0.3, -0.25) is 0 Å². The average molecular weight is 338 g/mol. The Balaban J connectivity index is 2.11. The van der Waals surface area contributed by atoms with Gasteiger partial charge in [-0.2, -0.15) is 5.10 Å². The van der Waals surface area contributed by atoms with Crippen LogP contribution < -0.4 is 4.74 Å². The van der Waals surface area contributed by atoms with Gasteiger partial charge in [0.25, 0.3) is 0 Å². The van der Waals surface area contributed by atoms with Gasteiger partial charge in [0.05, 0.1) is 6.54 Å². The second-order valence-corrected chi connectivity index (χ2v) is 5.11. The zero-order valence-corrected chi connectivity index (χ0v) is 11.3. The van der Waals surface area contributed by atoms with E-state index in [9.17, 15) is 0 Å². The predicted molar refractivity (Wildman–Crippen MR) is 75.0 cm³/mol. The molecule has 0 atom stereocenters. The summed E-state index contributed by atoms with van der Waals surface area (Å²) in [6.07, 6.45) is 0. The van der Waals surface area contributed by atoms with E-state index in [4.69, 9.17) is 4.74 Å². The summed E-state index contributed by atoms with van der Waals surface area (Å²) in [7, 11) is 0. The molecule has 1 aromatic carbocycles. The van der Waals surface area contributed by atoms with Gasteiger partial charge in [0.15, 0.2) is 0 Å². The van der Waals surface area contributed by atoms with Gasteiger partial charge in [-0.1, -0.05) is 36.9 Å². The lowest BCUT2D eigenvalue weighted by Gasteiger charge is -2.16. The Morgan fingerprint density at radius 2 is 2.06 bits per heavy atom. The normalized spacial score (nSPS) is 14.3. The van der Waals surface area contributed by atoms with Gasteiger partial charge in [-0.05, 0) is 28.2 Å². The highest BCUT2D eigenvalue weighted by molar-refractivity contribution is 14.1. The minimum Gasteiger partial charge on any atom is -0.472 e. The van der Waals surface area contributed by atoms with Crippen LogP contribution in [0.2, 0.25) is 0 Å². The van der Waals surface area contributed by atoms with Gasteiger partial charge in [-0.25, -0.2) is 4.68 Å². The lowest BCUT2D eigenvalue weighted by atomic mass is 10.2. The SMILES string of the molecule is C=C1COc2c(I)c(-c3ccccc3)nn2C1. The average Bonchev–Trinajstić information content (AvgIpc) is 2.67. The Bertz CT molecular complexity index is 575. The molecule has 0 unspecified atom stereocenters. The van der Waals surface area contributed by atoms with Crippen LogP contribution in [-0.2, 0) is 6.54 Å². The third-order valence-electron chi connectivity index (χ3n) is 2.68. The minimum atomic E-state index is 0.593. The smallest absolute Gasteiger partial charge is 0.226 e. The lowest BCUT2D eigenvalue weighted by Crippen LogP contribution is -2.17. The first-order valence-electron chi connectivity index (χ1n) is 5.37. The van der Waals surface area contributed by atoms with Crippen molar-refractivity contribution in [1.29, 1.82) is 0 Å². The molecule has 0 saturated heterocycles. The van der Waals surface area contributed by atoms with E-state index in [0.717, 1.165) is 32.8 Å². The quantitative estimate of drug-likeness (QED) is 0.590. The van der Waals surface area contributed by atoms with Crippen LogP contribution >= 0.6 is 22.6 Å². The zero-order chi connectivity index (χ0) is 11.8. The molecule has 0 bridgehead atoms. The molecule has 1 aliphatic heterocycles.